The van der Waals surface area contributed by atoms with Crippen LogP contribution in [-0.2, 0) is 0 Å². The van der Waals surface area contributed by atoms with Crippen LogP contribution in [0.3, 0.4) is 0 Å². The van der Waals surface area contributed by atoms with Crippen LogP contribution in [0.15, 0.2) is 24.5 Å². The van der Waals surface area contributed by atoms with Gasteiger partial charge in [0.15, 0.2) is 5.78 Å². The van der Waals surface area contributed by atoms with E-state index in [4.69, 9.17) is 5.73 Å². The molecule has 0 unspecified atom stereocenters. The van der Waals surface area contributed by atoms with E-state index in [2.05, 4.69) is 15.0 Å². The molecule has 2 aromatic heterocycles. The summed E-state index contributed by atoms with van der Waals surface area (Å²) < 4.78 is 0. The van der Waals surface area contributed by atoms with Crippen LogP contribution >= 0.6 is 0 Å². The van der Waals surface area contributed by atoms with Crippen LogP contribution in [0.5, 0.6) is 0 Å². The molecule has 0 atom stereocenters. The number of ketones is 1. The van der Waals surface area contributed by atoms with E-state index in [0.29, 0.717) is 11.3 Å². The third-order valence-electron chi connectivity index (χ3n) is 2.04. The lowest BCUT2D eigenvalue weighted by atomic mass is 10.2. The number of hydrogen-bond acceptors (Lipinski definition) is 4. The second kappa shape index (κ2) is 3.53. The van der Waals surface area contributed by atoms with Crippen molar-refractivity contribution in [1.29, 1.82) is 0 Å². The quantitative estimate of drug-likeness (QED) is 0.718. The zero-order chi connectivity index (χ0) is 10.8. The van der Waals surface area contributed by atoms with Crippen LogP contribution in [0.25, 0.3) is 11.4 Å². The summed E-state index contributed by atoms with van der Waals surface area (Å²) in [5, 5.41) is 0. The number of H-pyrrole nitrogens is 1. The number of carbonyl (C=O) groups is 1. The van der Waals surface area contributed by atoms with Gasteiger partial charge in [0.25, 0.3) is 0 Å². The minimum absolute atomic E-state index is 0.0135. The van der Waals surface area contributed by atoms with Gasteiger partial charge in [0.1, 0.15) is 0 Å². The van der Waals surface area contributed by atoms with Gasteiger partial charge in [0.2, 0.25) is 5.95 Å². The second-order valence-electron chi connectivity index (χ2n) is 3.16. The average molecular weight is 202 g/mol. The van der Waals surface area contributed by atoms with Gasteiger partial charge in [-0.2, -0.15) is 0 Å². The Morgan fingerprint density at radius 2 is 2.33 bits per heavy atom. The van der Waals surface area contributed by atoms with Crippen LogP contribution in [-0.4, -0.2) is 20.7 Å². The van der Waals surface area contributed by atoms with Crippen LogP contribution in [0.1, 0.15) is 17.3 Å². The molecule has 2 heterocycles. The zero-order valence-electron chi connectivity index (χ0n) is 8.19. The second-order valence-corrected chi connectivity index (χ2v) is 3.16. The molecule has 0 aliphatic rings. The highest BCUT2D eigenvalue weighted by Gasteiger charge is 2.06. The van der Waals surface area contributed by atoms with E-state index in [0.717, 1.165) is 5.69 Å². The summed E-state index contributed by atoms with van der Waals surface area (Å²) in [6.45, 7) is 1.52. The first kappa shape index (κ1) is 9.39. The fourth-order valence-electron chi connectivity index (χ4n) is 1.27. The Hall–Kier alpha value is -2.17. The first-order valence-electron chi connectivity index (χ1n) is 4.45. The SMILES string of the molecule is CC(=O)c1c[nH]c(-c2ccnc(N)n2)c1. The number of aromatic amines is 1. The maximum Gasteiger partial charge on any atom is 0.220 e. The molecule has 0 spiro atoms. The van der Waals surface area contributed by atoms with E-state index in [9.17, 15) is 4.79 Å². The minimum atomic E-state index is 0.0135. The Labute approximate surface area is 86.4 Å². The Morgan fingerprint density at radius 1 is 1.53 bits per heavy atom. The van der Waals surface area contributed by atoms with Crippen molar-refractivity contribution in [1.82, 2.24) is 15.0 Å². The summed E-state index contributed by atoms with van der Waals surface area (Å²) in [7, 11) is 0. The summed E-state index contributed by atoms with van der Waals surface area (Å²) in [5.74, 6) is 0.228. The maximum absolute atomic E-state index is 11.1. The van der Waals surface area contributed by atoms with Gasteiger partial charge in [-0.1, -0.05) is 0 Å². The number of carbonyl (C=O) groups excluding carboxylic acids is 1. The third kappa shape index (κ3) is 1.85. The van der Waals surface area contributed by atoms with Crippen molar-refractivity contribution in [2.45, 2.75) is 6.92 Å². The van der Waals surface area contributed by atoms with E-state index >= 15 is 0 Å². The Balaban J connectivity index is 2.41. The molecule has 3 N–H and O–H groups in total. The summed E-state index contributed by atoms with van der Waals surface area (Å²) in [6.07, 6.45) is 3.22. The minimum Gasteiger partial charge on any atom is -0.368 e. The fourth-order valence-corrected chi connectivity index (χ4v) is 1.27. The van der Waals surface area contributed by atoms with Crippen molar-refractivity contribution in [3.8, 4) is 11.4 Å². The largest absolute Gasteiger partial charge is 0.368 e. The van der Waals surface area contributed by atoms with Gasteiger partial charge >= 0.3 is 0 Å². The normalized spacial score (nSPS) is 10.2. The molecule has 2 rings (SSSR count). The van der Waals surface area contributed by atoms with E-state index in [-0.39, 0.29) is 11.7 Å². The van der Waals surface area contributed by atoms with Gasteiger partial charge in [0.05, 0.1) is 11.4 Å². The molecule has 0 bridgehead atoms. The highest BCUT2D eigenvalue weighted by Crippen LogP contribution is 2.16. The topological polar surface area (TPSA) is 84.7 Å². The number of aromatic nitrogens is 3. The van der Waals surface area contributed by atoms with E-state index in [1.807, 2.05) is 0 Å². The highest BCUT2D eigenvalue weighted by atomic mass is 16.1. The van der Waals surface area contributed by atoms with Crippen molar-refractivity contribution in [2.75, 3.05) is 5.73 Å². The van der Waals surface area contributed by atoms with Gasteiger partial charge in [0, 0.05) is 18.0 Å². The summed E-state index contributed by atoms with van der Waals surface area (Å²) >= 11 is 0. The van der Waals surface area contributed by atoms with Crippen LogP contribution in [0, 0.1) is 0 Å². The molecule has 5 nitrogen and oxygen atoms in total. The first-order valence-corrected chi connectivity index (χ1v) is 4.45. The number of nitrogen functional groups attached to an aromatic ring is 1. The van der Waals surface area contributed by atoms with Crippen LogP contribution < -0.4 is 5.73 Å². The van der Waals surface area contributed by atoms with Gasteiger partial charge in [-0.15, -0.1) is 0 Å². The Bertz CT molecular complexity index is 504. The molecule has 0 saturated heterocycles. The molecule has 5 heteroatoms. The number of Topliss-reactive ketones (excluding diaryl/α,β-unsaturated/α-hetero) is 1. The molecule has 0 amide bonds. The molecule has 0 radical (unpaired) electrons. The van der Waals surface area contributed by atoms with Crippen molar-refractivity contribution >= 4 is 11.7 Å². The van der Waals surface area contributed by atoms with E-state index in [1.54, 1.807) is 24.5 Å². The lowest BCUT2D eigenvalue weighted by Gasteiger charge is -1.96. The smallest absolute Gasteiger partial charge is 0.220 e. The van der Waals surface area contributed by atoms with Crippen molar-refractivity contribution in [3.63, 3.8) is 0 Å². The number of nitrogens with one attached hydrogen (secondary N) is 1. The summed E-state index contributed by atoms with van der Waals surface area (Å²) in [6, 6.07) is 3.47. The number of nitrogens with two attached hydrogens (primary N) is 1. The Kier molecular flexibility index (Phi) is 2.21. The van der Waals surface area contributed by atoms with Gasteiger partial charge < -0.3 is 10.7 Å². The lowest BCUT2D eigenvalue weighted by Crippen LogP contribution is -1.95. The Morgan fingerprint density at radius 3 is 2.93 bits per heavy atom. The zero-order valence-corrected chi connectivity index (χ0v) is 8.19. The number of nitrogens with zero attached hydrogens (tertiary/aromatic N) is 2. The predicted octanol–water partition coefficient (Wildman–Crippen LogP) is 1.26. The highest BCUT2D eigenvalue weighted by molar-refractivity contribution is 5.95. The fraction of sp³-hybridized carbons (Fsp3) is 0.100. The van der Waals surface area contributed by atoms with Crippen LogP contribution in [0.2, 0.25) is 0 Å². The van der Waals surface area contributed by atoms with Crippen LogP contribution in [0.4, 0.5) is 5.95 Å². The molecule has 15 heavy (non-hydrogen) atoms. The number of anilines is 1. The monoisotopic (exact) mass is 202 g/mol. The summed E-state index contributed by atoms with van der Waals surface area (Å²) in [4.78, 5) is 21.9. The van der Waals surface area contributed by atoms with Gasteiger partial charge in [-0.3, -0.25) is 4.79 Å². The third-order valence-corrected chi connectivity index (χ3v) is 2.04. The van der Waals surface area contributed by atoms with E-state index < -0.39 is 0 Å². The van der Waals surface area contributed by atoms with Gasteiger partial charge in [-0.05, 0) is 19.1 Å². The van der Waals surface area contributed by atoms with Crippen molar-refractivity contribution in [2.24, 2.45) is 0 Å². The van der Waals surface area contributed by atoms with Crippen molar-refractivity contribution < 1.29 is 4.79 Å². The molecular formula is C10H10N4O. The maximum atomic E-state index is 11.1. The predicted molar refractivity (Wildman–Crippen MR) is 56.2 cm³/mol. The first-order chi connectivity index (χ1) is 7.16. The number of hydrogen-bond donors (Lipinski definition) is 2. The molecule has 0 aromatic carbocycles. The molecule has 2 aromatic rings. The van der Waals surface area contributed by atoms with Gasteiger partial charge in [-0.25, -0.2) is 9.97 Å². The summed E-state index contributed by atoms with van der Waals surface area (Å²) in [5.41, 5.74) is 7.52. The lowest BCUT2D eigenvalue weighted by molar-refractivity contribution is 0.101. The molecule has 0 saturated carbocycles. The average Bonchev–Trinajstić information content (AvgIpc) is 2.66. The van der Waals surface area contributed by atoms with E-state index in [1.165, 1.54) is 6.92 Å². The molecule has 0 aliphatic carbocycles. The van der Waals surface area contributed by atoms with Crippen molar-refractivity contribution in [3.05, 3.63) is 30.1 Å². The molecule has 0 aliphatic heterocycles. The standard InChI is InChI=1S/C10H10N4O/c1-6(15)7-4-9(13-5-7)8-2-3-12-10(11)14-8/h2-5,13H,1H3,(H2,11,12,14). The molecule has 0 fully saturated rings. The number of rotatable bonds is 2. The molecule has 76 valence electrons. The molecular weight excluding hydrogens is 192 g/mol.